The van der Waals surface area contributed by atoms with Crippen LogP contribution in [0, 0.1) is 5.41 Å². The van der Waals surface area contributed by atoms with Crippen LogP contribution in [0.2, 0.25) is 5.02 Å². The molecule has 0 radical (unpaired) electrons. The van der Waals surface area contributed by atoms with Gasteiger partial charge in [0, 0.05) is 23.7 Å². The fourth-order valence-electron chi connectivity index (χ4n) is 3.06. The number of hydrogen-bond acceptors (Lipinski definition) is 2. The topological polar surface area (TPSA) is 29.3 Å². The molecule has 1 aromatic rings. The summed E-state index contributed by atoms with van der Waals surface area (Å²) in [6.45, 7) is 7.86. The van der Waals surface area contributed by atoms with E-state index in [1.54, 1.807) is 0 Å². The largest absolute Gasteiger partial charge is 0.389 e. The van der Waals surface area contributed by atoms with Crippen LogP contribution in [0.3, 0.4) is 0 Å². The molecule has 1 aliphatic rings. The molecule has 2 nitrogen and oxygen atoms in total. The second-order valence-corrected chi connectivity index (χ2v) is 6.69. The summed E-state index contributed by atoms with van der Waals surface area (Å²) >= 11 is 11.3. The maximum atomic E-state index is 6.35. The van der Waals surface area contributed by atoms with Crippen molar-refractivity contribution >= 4 is 28.8 Å². The summed E-state index contributed by atoms with van der Waals surface area (Å²) in [7, 11) is 0. The van der Waals surface area contributed by atoms with Gasteiger partial charge in [-0.05, 0) is 42.9 Å². The summed E-state index contributed by atoms with van der Waals surface area (Å²) in [6, 6.07) is 5.89. The molecule has 1 fully saturated rings. The Bertz CT molecular complexity index is 497. The lowest BCUT2D eigenvalue weighted by Gasteiger charge is -2.26. The van der Waals surface area contributed by atoms with E-state index in [1.807, 2.05) is 12.1 Å². The molecule has 0 saturated carbocycles. The molecule has 0 spiro atoms. The van der Waals surface area contributed by atoms with Crippen molar-refractivity contribution in [1.82, 2.24) is 4.90 Å². The summed E-state index contributed by atoms with van der Waals surface area (Å²) in [4.78, 5) is 2.91. The molecular formula is C16H23ClN2S. The molecule has 0 aromatic heterocycles. The molecule has 1 aliphatic heterocycles. The Morgan fingerprint density at radius 3 is 2.60 bits per heavy atom. The van der Waals surface area contributed by atoms with Gasteiger partial charge in [-0.15, -0.1) is 0 Å². The number of benzene rings is 1. The Labute approximate surface area is 132 Å². The van der Waals surface area contributed by atoms with Gasteiger partial charge in [-0.25, -0.2) is 0 Å². The Kier molecular flexibility index (Phi) is 5.05. The van der Waals surface area contributed by atoms with Gasteiger partial charge >= 0.3 is 0 Å². The number of rotatable bonds is 5. The van der Waals surface area contributed by atoms with E-state index < -0.39 is 0 Å². The lowest BCUT2D eigenvalue weighted by Crippen LogP contribution is -2.26. The summed E-state index contributed by atoms with van der Waals surface area (Å²) in [5, 5.41) is 0.765. The van der Waals surface area contributed by atoms with Crippen molar-refractivity contribution in [3.05, 3.63) is 34.3 Å². The van der Waals surface area contributed by atoms with E-state index in [0.717, 1.165) is 29.2 Å². The Balaban J connectivity index is 2.06. The van der Waals surface area contributed by atoms with Gasteiger partial charge in [-0.2, -0.15) is 0 Å². The van der Waals surface area contributed by atoms with E-state index in [0.29, 0.717) is 10.4 Å². The second-order valence-electron chi connectivity index (χ2n) is 5.84. The number of hydrogen-bond donors (Lipinski definition) is 1. The third kappa shape index (κ3) is 3.33. The zero-order valence-electron chi connectivity index (χ0n) is 12.3. The smallest absolute Gasteiger partial charge is 0.104 e. The average Bonchev–Trinajstić information content (AvgIpc) is 2.85. The molecule has 1 aromatic carbocycles. The Hall–Kier alpha value is -0.640. The van der Waals surface area contributed by atoms with E-state index in [2.05, 4.69) is 24.8 Å². The standard InChI is InChI=1S/C16H23ClN2S/c1-3-16(4-2)7-8-19(11-16)10-13-6-5-12(15(18)20)9-14(13)17/h5-6,9H,3-4,7-8,10-11H2,1-2H3,(H2,18,20). The molecule has 1 heterocycles. The lowest BCUT2D eigenvalue weighted by molar-refractivity contribution is 0.236. The molecule has 1 saturated heterocycles. The highest BCUT2D eigenvalue weighted by atomic mass is 35.5. The minimum absolute atomic E-state index is 0.399. The van der Waals surface area contributed by atoms with Crippen LogP contribution >= 0.6 is 23.8 Å². The first kappa shape index (κ1) is 15.7. The van der Waals surface area contributed by atoms with Gasteiger partial charge in [0.15, 0.2) is 0 Å². The highest BCUT2D eigenvalue weighted by Crippen LogP contribution is 2.37. The van der Waals surface area contributed by atoms with Gasteiger partial charge in [-0.1, -0.05) is 49.8 Å². The zero-order valence-corrected chi connectivity index (χ0v) is 13.9. The van der Waals surface area contributed by atoms with E-state index >= 15 is 0 Å². The fraction of sp³-hybridized carbons (Fsp3) is 0.562. The first-order valence-corrected chi connectivity index (χ1v) is 8.09. The highest BCUT2D eigenvalue weighted by molar-refractivity contribution is 7.80. The average molecular weight is 311 g/mol. The molecule has 4 heteroatoms. The first-order chi connectivity index (χ1) is 9.49. The van der Waals surface area contributed by atoms with Gasteiger partial charge in [0.05, 0.1) is 0 Å². The van der Waals surface area contributed by atoms with Crippen LogP contribution in [-0.2, 0) is 6.54 Å². The van der Waals surface area contributed by atoms with Crippen LogP contribution in [-0.4, -0.2) is 23.0 Å². The van der Waals surface area contributed by atoms with Gasteiger partial charge in [0.25, 0.3) is 0 Å². The molecule has 0 amide bonds. The summed E-state index contributed by atoms with van der Waals surface area (Å²) in [6.07, 6.45) is 3.81. The van der Waals surface area contributed by atoms with Gasteiger partial charge < -0.3 is 5.73 Å². The Morgan fingerprint density at radius 2 is 2.10 bits per heavy atom. The van der Waals surface area contributed by atoms with Crippen LogP contribution in [0.4, 0.5) is 0 Å². The van der Waals surface area contributed by atoms with Crippen LogP contribution in [0.5, 0.6) is 0 Å². The van der Waals surface area contributed by atoms with Crippen molar-refractivity contribution in [3.63, 3.8) is 0 Å². The number of likely N-dealkylation sites (tertiary alicyclic amines) is 1. The minimum Gasteiger partial charge on any atom is -0.389 e. The molecule has 0 bridgehead atoms. The van der Waals surface area contributed by atoms with Crippen molar-refractivity contribution in [3.8, 4) is 0 Å². The Morgan fingerprint density at radius 1 is 1.40 bits per heavy atom. The molecule has 0 aliphatic carbocycles. The third-order valence-electron chi connectivity index (χ3n) is 4.75. The fourth-order valence-corrected chi connectivity index (χ4v) is 3.43. The quantitative estimate of drug-likeness (QED) is 0.834. The van der Waals surface area contributed by atoms with Crippen molar-refractivity contribution < 1.29 is 0 Å². The molecule has 2 rings (SSSR count). The van der Waals surface area contributed by atoms with E-state index in [4.69, 9.17) is 29.6 Å². The van der Waals surface area contributed by atoms with Crippen molar-refractivity contribution in [1.29, 1.82) is 0 Å². The van der Waals surface area contributed by atoms with Gasteiger partial charge in [-0.3, -0.25) is 4.90 Å². The minimum atomic E-state index is 0.399. The van der Waals surface area contributed by atoms with E-state index in [-0.39, 0.29) is 0 Å². The highest BCUT2D eigenvalue weighted by Gasteiger charge is 2.34. The summed E-state index contributed by atoms with van der Waals surface area (Å²) in [5.41, 5.74) is 8.14. The predicted octanol–water partition coefficient (Wildman–Crippen LogP) is 3.99. The van der Waals surface area contributed by atoms with Crippen LogP contribution in [0.25, 0.3) is 0 Å². The van der Waals surface area contributed by atoms with Gasteiger partial charge in [0.2, 0.25) is 0 Å². The zero-order chi connectivity index (χ0) is 14.8. The summed E-state index contributed by atoms with van der Waals surface area (Å²) < 4.78 is 0. The molecule has 20 heavy (non-hydrogen) atoms. The SMILES string of the molecule is CCC1(CC)CCN(Cc2ccc(C(N)=S)cc2Cl)C1. The molecule has 110 valence electrons. The van der Waals surface area contributed by atoms with E-state index in [9.17, 15) is 0 Å². The van der Waals surface area contributed by atoms with Crippen molar-refractivity contribution in [2.24, 2.45) is 11.1 Å². The maximum absolute atomic E-state index is 6.35. The van der Waals surface area contributed by atoms with Crippen molar-refractivity contribution in [2.75, 3.05) is 13.1 Å². The van der Waals surface area contributed by atoms with Gasteiger partial charge in [0.1, 0.15) is 4.99 Å². The molecular weight excluding hydrogens is 288 g/mol. The normalized spacial score (nSPS) is 18.4. The lowest BCUT2D eigenvalue weighted by atomic mass is 9.82. The van der Waals surface area contributed by atoms with Crippen LogP contribution < -0.4 is 5.73 Å². The van der Waals surface area contributed by atoms with Crippen LogP contribution in [0.15, 0.2) is 18.2 Å². The monoisotopic (exact) mass is 310 g/mol. The number of thiocarbonyl (C=S) groups is 1. The molecule has 0 unspecified atom stereocenters. The third-order valence-corrected chi connectivity index (χ3v) is 5.34. The predicted molar refractivity (Wildman–Crippen MR) is 90.2 cm³/mol. The van der Waals surface area contributed by atoms with Crippen LogP contribution in [0.1, 0.15) is 44.2 Å². The molecule has 2 N–H and O–H groups in total. The molecule has 0 atom stereocenters. The number of nitrogens with two attached hydrogens (primary N) is 1. The number of halogens is 1. The van der Waals surface area contributed by atoms with E-state index in [1.165, 1.54) is 25.8 Å². The summed E-state index contributed by atoms with van der Waals surface area (Å²) in [5.74, 6) is 0. The van der Waals surface area contributed by atoms with Crippen molar-refractivity contribution in [2.45, 2.75) is 39.7 Å². The number of nitrogens with zero attached hydrogens (tertiary/aromatic N) is 1. The first-order valence-electron chi connectivity index (χ1n) is 7.30. The maximum Gasteiger partial charge on any atom is 0.104 e. The second kappa shape index (κ2) is 6.42.